The standard InChI is InChI=1S/C13H19NO5S/c1-9(20(4,16)17)13(15)14-8-10-7-11(18-2)5-6-12(10)19-3/h5-7,9H,8H2,1-4H3,(H,14,15)/t9-/m1/s1. The molecule has 0 aliphatic heterocycles. The van der Waals surface area contributed by atoms with E-state index in [0.29, 0.717) is 17.1 Å². The highest BCUT2D eigenvalue weighted by atomic mass is 32.2. The first-order valence-electron chi connectivity index (χ1n) is 5.97. The summed E-state index contributed by atoms with van der Waals surface area (Å²) >= 11 is 0. The highest BCUT2D eigenvalue weighted by molar-refractivity contribution is 7.92. The predicted molar refractivity (Wildman–Crippen MR) is 75.7 cm³/mol. The van der Waals surface area contributed by atoms with Gasteiger partial charge in [-0.05, 0) is 25.1 Å². The number of rotatable bonds is 6. The molecule has 1 aromatic carbocycles. The summed E-state index contributed by atoms with van der Waals surface area (Å²) < 4.78 is 32.9. The van der Waals surface area contributed by atoms with Crippen LogP contribution in [0.1, 0.15) is 12.5 Å². The van der Waals surface area contributed by atoms with Gasteiger partial charge in [0.05, 0.1) is 14.2 Å². The predicted octanol–water partition coefficient (Wildman–Crippen LogP) is 0.753. The van der Waals surface area contributed by atoms with Crippen molar-refractivity contribution in [1.82, 2.24) is 5.32 Å². The van der Waals surface area contributed by atoms with Gasteiger partial charge in [0.25, 0.3) is 0 Å². The number of benzene rings is 1. The monoisotopic (exact) mass is 301 g/mol. The van der Waals surface area contributed by atoms with Crippen LogP contribution in [0.5, 0.6) is 11.5 Å². The van der Waals surface area contributed by atoms with Gasteiger partial charge in [0, 0.05) is 18.4 Å². The van der Waals surface area contributed by atoms with Crippen LogP contribution in [-0.4, -0.2) is 40.1 Å². The van der Waals surface area contributed by atoms with Crippen LogP contribution in [0.4, 0.5) is 0 Å². The number of hydrogen-bond acceptors (Lipinski definition) is 5. The van der Waals surface area contributed by atoms with E-state index in [0.717, 1.165) is 6.26 Å². The van der Waals surface area contributed by atoms with Crippen molar-refractivity contribution in [2.24, 2.45) is 0 Å². The van der Waals surface area contributed by atoms with E-state index in [9.17, 15) is 13.2 Å². The molecule has 0 aliphatic rings. The molecule has 0 fully saturated rings. The summed E-state index contributed by atoms with van der Waals surface area (Å²) in [5.41, 5.74) is 0.709. The maximum atomic E-state index is 11.8. The van der Waals surface area contributed by atoms with E-state index in [1.165, 1.54) is 21.1 Å². The van der Waals surface area contributed by atoms with Gasteiger partial charge < -0.3 is 14.8 Å². The largest absolute Gasteiger partial charge is 0.497 e. The van der Waals surface area contributed by atoms with Crippen molar-refractivity contribution < 1.29 is 22.7 Å². The van der Waals surface area contributed by atoms with Crippen molar-refractivity contribution in [3.63, 3.8) is 0 Å². The van der Waals surface area contributed by atoms with Crippen LogP contribution in [0.25, 0.3) is 0 Å². The molecule has 1 aromatic rings. The number of nitrogens with one attached hydrogen (secondary N) is 1. The molecule has 0 radical (unpaired) electrons. The van der Waals surface area contributed by atoms with Gasteiger partial charge in [-0.3, -0.25) is 4.79 Å². The fraction of sp³-hybridized carbons (Fsp3) is 0.462. The molecule has 0 bridgehead atoms. The number of hydrogen-bond donors (Lipinski definition) is 1. The van der Waals surface area contributed by atoms with E-state index in [-0.39, 0.29) is 6.54 Å². The van der Waals surface area contributed by atoms with Crippen LogP contribution >= 0.6 is 0 Å². The molecule has 0 aliphatic carbocycles. The smallest absolute Gasteiger partial charge is 0.238 e. The molecule has 112 valence electrons. The Morgan fingerprint density at radius 1 is 1.30 bits per heavy atom. The van der Waals surface area contributed by atoms with Gasteiger partial charge in [-0.15, -0.1) is 0 Å². The SMILES string of the molecule is COc1ccc(OC)c(CNC(=O)[C@@H](C)S(C)(=O)=O)c1. The number of methoxy groups -OCH3 is 2. The normalized spacial score (nSPS) is 12.6. The zero-order chi connectivity index (χ0) is 15.3. The van der Waals surface area contributed by atoms with Gasteiger partial charge in [-0.1, -0.05) is 0 Å². The summed E-state index contributed by atoms with van der Waals surface area (Å²) in [7, 11) is -0.345. The molecule has 20 heavy (non-hydrogen) atoms. The van der Waals surface area contributed by atoms with E-state index in [2.05, 4.69) is 5.32 Å². The number of carbonyl (C=O) groups is 1. The molecule has 0 aromatic heterocycles. The van der Waals surface area contributed by atoms with E-state index in [4.69, 9.17) is 9.47 Å². The Bertz CT molecular complexity index is 582. The van der Waals surface area contributed by atoms with Gasteiger partial charge in [-0.2, -0.15) is 0 Å². The number of sulfone groups is 1. The molecule has 1 N–H and O–H groups in total. The van der Waals surface area contributed by atoms with Crippen molar-refractivity contribution >= 4 is 15.7 Å². The molecule has 1 rings (SSSR count). The lowest BCUT2D eigenvalue weighted by Crippen LogP contribution is -2.37. The summed E-state index contributed by atoms with van der Waals surface area (Å²) in [6.07, 6.45) is 1.03. The quantitative estimate of drug-likeness (QED) is 0.838. The molecule has 0 saturated carbocycles. The minimum absolute atomic E-state index is 0.166. The number of carbonyl (C=O) groups excluding carboxylic acids is 1. The Hall–Kier alpha value is -1.76. The van der Waals surface area contributed by atoms with Gasteiger partial charge in [0.1, 0.15) is 16.7 Å². The molecule has 1 amide bonds. The topological polar surface area (TPSA) is 81.7 Å². The third kappa shape index (κ3) is 4.12. The van der Waals surface area contributed by atoms with Crippen molar-refractivity contribution in [1.29, 1.82) is 0 Å². The minimum Gasteiger partial charge on any atom is -0.497 e. The average Bonchev–Trinajstić information content (AvgIpc) is 2.42. The van der Waals surface area contributed by atoms with Crippen LogP contribution in [0.3, 0.4) is 0 Å². The van der Waals surface area contributed by atoms with E-state index >= 15 is 0 Å². The first-order chi connectivity index (χ1) is 9.29. The maximum Gasteiger partial charge on any atom is 0.238 e. The van der Waals surface area contributed by atoms with Crippen LogP contribution in [0, 0.1) is 0 Å². The third-order valence-corrected chi connectivity index (χ3v) is 4.45. The fourth-order valence-electron chi connectivity index (χ4n) is 1.54. The van der Waals surface area contributed by atoms with Crippen molar-refractivity contribution in [3.05, 3.63) is 23.8 Å². The second kappa shape index (κ2) is 6.60. The molecule has 1 atom stereocenters. The number of amides is 1. The molecule has 0 spiro atoms. The molecular formula is C13H19NO5S. The first kappa shape index (κ1) is 16.3. The molecule has 0 unspecified atom stereocenters. The maximum absolute atomic E-state index is 11.8. The molecule has 6 nitrogen and oxygen atoms in total. The first-order valence-corrected chi connectivity index (χ1v) is 7.92. The van der Waals surface area contributed by atoms with Crippen molar-refractivity contribution in [2.75, 3.05) is 20.5 Å². The molecular weight excluding hydrogens is 282 g/mol. The second-order valence-electron chi connectivity index (χ2n) is 4.37. The van der Waals surface area contributed by atoms with Crippen LogP contribution in [0.15, 0.2) is 18.2 Å². The van der Waals surface area contributed by atoms with Gasteiger partial charge >= 0.3 is 0 Å². The molecule has 0 saturated heterocycles. The Labute approximate surface area is 119 Å². The van der Waals surface area contributed by atoms with Crippen LogP contribution in [0.2, 0.25) is 0 Å². The lowest BCUT2D eigenvalue weighted by Gasteiger charge is -2.13. The zero-order valence-corrected chi connectivity index (χ0v) is 12.8. The van der Waals surface area contributed by atoms with E-state index in [1.807, 2.05) is 0 Å². The summed E-state index contributed by atoms with van der Waals surface area (Å²) in [4.78, 5) is 11.8. The summed E-state index contributed by atoms with van der Waals surface area (Å²) in [6.45, 7) is 1.52. The van der Waals surface area contributed by atoms with E-state index in [1.54, 1.807) is 18.2 Å². The Balaban J connectivity index is 2.81. The van der Waals surface area contributed by atoms with Crippen molar-refractivity contribution in [3.8, 4) is 11.5 Å². The van der Waals surface area contributed by atoms with E-state index < -0.39 is 21.0 Å². The van der Waals surface area contributed by atoms with Crippen molar-refractivity contribution in [2.45, 2.75) is 18.7 Å². The van der Waals surface area contributed by atoms with Crippen LogP contribution < -0.4 is 14.8 Å². The lowest BCUT2D eigenvalue weighted by atomic mass is 10.2. The molecule has 7 heteroatoms. The third-order valence-electron chi connectivity index (χ3n) is 2.95. The van der Waals surface area contributed by atoms with Gasteiger partial charge in [-0.25, -0.2) is 8.42 Å². The summed E-state index contributed by atoms with van der Waals surface area (Å²) in [6, 6.07) is 5.19. The zero-order valence-electron chi connectivity index (χ0n) is 12.0. The van der Waals surface area contributed by atoms with Gasteiger partial charge in [0.15, 0.2) is 9.84 Å². The van der Waals surface area contributed by atoms with Gasteiger partial charge in [0.2, 0.25) is 5.91 Å². The highest BCUT2D eigenvalue weighted by Gasteiger charge is 2.23. The summed E-state index contributed by atoms with van der Waals surface area (Å²) in [5.74, 6) is 0.682. The van der Waals surface area contributed by atoms with Crippen LogP contribution in [-0.2, 0) is 21.2 Å². The summed E-state index contributed by atoms with van der Waals surface area (Å²) in [5, 5.41) is 1.49. The average molecular weight is 301 g/mol. The Morgan fingerprint density at radius 2 is 1.95 bits per heavy atom. The Kier molecular flexibility index (Phi) is 5.38. The highest BCUT2D eigenvalue weighted by Crippen LogP contribution is 2.23. The Morgan fingerprint density at radius 3 is 2.45 bits per heavy atom. The second-order valence-corrected chi connectivity index (χ2v) is 6.73. The lowest BCUT2D eigenvalue weighted by molar-refractivity contribution is -0.120. The molecule has 0 heterocycles. The number of ether oxygens (including phenoxy) is 2. The minimum atomic E-state index is -3.40. The fourth-order valence-corrected chi connectivity index (χ4v) is 2.01.